The van der Waals surface area contributed by atoms with Gasteiger partial charge in [-0.1, -0.05) is 41.4 Å². The molecule has 1 fully saturated rings. The van der Waals surface area contributed by atoms with E-state index < -0.39 is 9.84 Å². The van der Waals surface area contributed by atoms with E-state index in [9.17, 15) is 13.2 Å². The third-order valence-electron chi connectivity index (χ3n) is 4.59. The third-order valence-corrected chi connectivity index (χ3v) is 6.58. The molecule has 0 aromatic heterocycles. The molecule has 0 radical (unpaired) electrons. The molecular formula is C20H22ClNO4S. The van der Waals surface area contributed by atoms with Crippen molar-refractivity contribution in [2.24, 2.45) is 0 Å². The molecule has 7 heteroatoms. The van der Waals surface area contributed by atoms with Crippen molar-refractivity contribution in [3.8, 4) is 5.75 Å². The van der Waals surface area contributed by atoms with E-state index in [1.54, 1.807) is 17.0 Å². The maximum absolute atomic E-state index is 12.8. The lowest BCUT2D eigenvalue weighted by molar-refractivity contribution is -0.136. The minimum absolute atomic E-state index is 0.0101. The number of carbonyl (C=O) groups is 1. The van der Waals surface area contributed by atoms with Gasteiger partial charge in [-0.25, -0.2) is 8.42 Å². The van der Waals surface area contributed by atoms with Gasteiger partial charge in [0, 0.05) is 17.6 Å². The average molecular weight is 408 g/mol. The van der Waals surface area contributed by atoms with Crippen LogP contribution in [0.5, 0.6) is 5.75 Å². The van der Waals surface area contributed by atoms with Gasteiger partial charge in [0.1, 0.15) is 5.75 Å². The van der Waals surface area contributed by atoms with Crippen LogP contribution in [-0.4, -0.2) is 43.4 Å². The highest BCUT2D eigenvalue weighted by atomic mass is 35.5. The number of benzene rings is 2. The molecule has 0 unspecified atom stereocenters. The molecule has 1 amide bonds. The summed E-state index contributed by atoms with van der Waals surface area (Å²) < 4.78 is 29.4. The zero-order chi connectivity index (χ0) is 19.4. The Hall–Kier alpha value is -2.05. The summed E-state index contributed by atoms with van der Waals surface area (Å²) in [6.45, 7) is 2.14. The number of amides is 1. The molecule has 0 saturated carbocycles. The molecule has 2 aromatic carbocycles. The lowest BCUT2D eigenvalue weighted by Gasteiger charge is -2.28. The molecule has 1 saturated heterocycles. The first-order valence-corrected chi connectivity index (χ1v) is 11.0. The highest BCUT2D eigenvalue weighted by Gasteiger charge is 2.34. The van der Waals surface area contributed by atoms with Crippen LogP contribution in [0.15, 0.2) is 48.5 Å². The summed E-state index contributed by atoms with van der Waals surface area (Å²) in [5.74, 6) is 0.466. The molecule has 0 N–H and O–H groups in total. The highest BCUT2D eigenvalue weighted by molar-refractivity contribution is 7.91. The van der Waals surface area contributed by atoms with Crippen molar-refractivity contribution in [3.05, 3.63) is 64.7 Å². The molecule has 1 aliphatic heterocycles. The van der Waals surface area contributed by atoms with E-state index in [1.807, 2.05) is 43.3 Å². The molecule has 0 spiro atoms. The lowest BCUT2D eigenvalue weighted by atomic mass is 10.1. The smallest absolute Gasteiger partial charge is 0.261 e. The fourth-order valence-electron chi connectivity index (χ4n) is 3.14. The second kappa shape index (κ2) is 8.31. The van der Waals surface area contributed by atoms with Crippen LogP contribution in [0.4, 0.5) is 0 Å². The van der Waals surface area contributed by atoms with Crippen molar-refractivity contribution in [2.75, 3.05) is 18.1 Å². The Morgan fingerprint density at radius 2 is 1.96 bits per heavy atom. The number of ether oxygens (including phenoxy) is 1. The fourth-order valence-corrected chi connectivity index (χ4v) is 5.08. The van der Waals surface area contributed by atoms with Gasteiger partial charge in [-0.2, -0.15) is 0 Å². The van der Waals surface area contributed by atoms with Crippen LogP contribution in [-0.2, 0) is 21.2 Å². The Bertz CT molecular complexity index is 912. The molecule has 3 rings (SSSR count). The third kappa shape index (κ3) is 5.47. The molecule has 1 aliphatic rings. The number of carbonyl (C=O) groups excluding carboxylic acids is 1. The number of hydrogen-bond acceptors (Lipinski definition) is 4. The van der Waals surface area contributed by atoms with Crippen molar-refractivity contribution in [1.82, 2.24) is 4.90 Å². The molecule has 0 bridgehead atoms. The van der Waals surface area contributed by atoms with Crippen molar-refractivity contribution in [1.29, 1.82) is 0 Å². The zero-order valence-electron chi connectivity index (χ0n) is 15.1. The van der Waals surface area contributed by atoms with E-state index in [2.05, 4.69) is 0 Å². The summed E-state index contributed by atoms with van der Waals surface area (Å²) in [4.78, 5) is 14.4. The Morgan fingerprint density at radius 3 is 2.59 bits per heavy atom. The predicted molar refractivity (Wildman–Crippen MR) is 106 cm³/mol. The summed E-state index contributed by atoms with van der Waals surface area (Å²) in [7, 11) is -3.11. The fraction of sp³-hybridized carbons (Fsp3) is 0.350. The average Bonchev–Trinajstić information content (AvgIpc) is 2.98. The van der Waals surface area contributed by atoms with E-state index in [1.165, 1.54) is 0 Å². The summed E-state index contributed by atoms with van der Waals surface area (Å²) >= 11 is 6.04. The van der Waals surface area contributed by atoms with E-state index in [4.69, 9.17) is 16.3 Å². The molecule has 1 atom stereocenters. The van der Waals surface area contributed by atoms with Crippen LogP contribution in [0.3, 0.4) is 0 Å². The molecular weight excluding hydrogens is 386 g/mol. The maximum Gasteiger partial charge on any atom is 0.261 e. The van der Waals surface area contributed by atoms with Crippen molar-refractivity contribution < 1.29 is 17.9 Å². The number of aryl methyl sites for hydroxylation is 1. The summed E-state index contributed by atoms with van der Waals surface area (Å²) in [6.07, 6.45) is 0.444. The number of sulfone groups is 1. The van der Waals surface area contributed by atoms with Gasteiger partial charge in [0.2, 0.25) is 0 Å². The monoisotopic (exact) mass is 407 g/mol. The van der Waals surface area contributed by atoms with Crippen LogP contribution >= 0.6 is 11.6 Å². The Morgan fingerprint density at radius 1 is 1.22 bits per heavy atom. The molecule has 144 valence electrons. The minimum atomic E-state index is -3.11. The van der Waals surface area contributed by atoms with Crippen LogP contribution in [0.25, 0.3) is 0 Å². The van der Waals surface area contributed by atoms with Gasteiger partial charge in [-0.15, -0.1) is 0 Å². The number of nitrogens with zero attached hydrogens (tertiary/aromatic N) is 1. The molecule has 0 aliphatic carbocycles. The standard InChI is InChI=1S/C20H22ClNO4S/c1-15-5-7-19(8-6-15)26-13-20(23)22(18-9-10-27(24,25)14-18)12-16-3-2-4-17(21)11-16/h2-8,11,18H,9-10,12-14H2,1H3/t18-/m0/s1. The second-order valence-corrected chi connectivity index (χ2v) is 9.48. The Labute approximate surface area is 164 Å². The largest absolute Gasteiger partial charge is 0.484 e. The first-order chi connectivity index (χ1) is 12.8. The summed E-state index contributed by atoms with van der Waals surface area (Å²) in [6, 6.07) is 14.3. The molecule has 27 heavy (non-hydrogen) atoms. The van der Waals surface area contributed by atoms with Gasteiger partial charge in [0.25, 0.3) is 5.91 Å². The quantitative estimate of drug-likeness (QED) is 0.737. The Balaban J connectivity index is 1.73. The van der Waals surface area contributed by atoms with Crippen LogP contribution in [0.1, 0.15) is 17.5 Å². The molecule has 1 heterocycles. The first-order valence-electron chi connectivity index (χ1n) is 8.76. The van der Waals surface area contributed by atoms with Crippen molar-refractivity contribution in [2.45, 2.75) is 25.9 Å². The van der Waals surface area contributed by atoms with E-state index in [0.29, 0.717) is 23.7 Å². The second-order valence-electron chi connectivity index (χ2n) is 6.81. The van der Waals surface area contributed by atoms with Crippen molar-refractivity contribution >= 4 is 27.3 Å². The zero-order valence-corrected chi connectivity index (χ0v) is 16.7. The first kappa shape index (κ1) is 19.7. The van der Waals surface area contributed by atoms with Gasteiger partial charge in [0.15, 0.2) is 16.4 Å². The predicted octanol–water partition coefficient (Wildman–Crippen LogP) is 3.24. The van der Waals surface area contributed by atoms with Gasteiger partial charge in [0.05, 0.1) is 11.5 Å². The normalized spacial score (nSPS) is 18.2. The number of rotatable bonds is 6. The van der Waals surface area contributed by atoms with Crippen LogP contribution in [0.2, 0.25) is 5.02 Å². The topological polar surface area (TPSA) is 63.7 Å². The van der Waals surface area contributed by atoms with Gasteiger partial charge in [-0.05, 0) is 43.2 Å². The maximum atomic E-state index is 12.8. The Kier molecular flexibility index (Phi) is 6.07. The highest BCUT2D eigenvalue weighted by Crippen LogP contribution is 2.22. The lowest BCUT2D eigenvalue weighted by Crippen LogP contribution is -2.43. The number of hydrogen-bond donors (Lipinski definition) is 0. The summed E-state index contributed by atoms with van der Waals surface area (Å²) in [5, 5.41) is 0.579. The van der Waals surface area contributed by atoms with Gasteiger partial charge < -0.3 is 9.64 Å². The minimum Gasteiger partial charge on any atom is -0.484 e. The van der Waals surface area contributed by atoms with Gasteiger partial charge >= 0.3 is 0 Å². The van der Waals surface area contributed by atoms with Crippen LogP contribution < -0.4 is 4.74 Å². The van der Waals surface area contributed by atoms with E-state index >= 15 is 0 Å². The molecule has 5 nitrogen and oxygen atoms in total. The summed E-state index contributed by atoms with van der Waals surface area (Å²) in [5.41, 5.74) is 1.96. The van der Waals surface area contributed by atoms with E-state index in [0.717, 1.165) is 11.1 Å². The van der Waals surface area contributed by atoms with Gasteiger partial charge in [-0.3, -0.25) is 4.79 Å². The van der Waals surface area contributed by atoms with Crippen molar-refractivity contribution in [3.63, 3.8) is 0 Å². The SMILES string of the molecule is Cc1ccc(OCC(=O)N(Cc2cccc(Cl)c2)[C@H]2CCS(=O)(=O)C2)cc1. The van der Waals surface area contributed by atoms with Crippen LogP contribution in [0, 0.1) is 6.92 Å². The molecule has 2 aromatic rings. The van der Waals surface area contributed by atoms with E-state index in [-0.39, 0.29) is 30.1 Å². The number of halogens is 1.